The number of nitrogens with zero attached hydrogens (tertiary/aromatic N) is 6. The number of pyridine rings is 1. The van der Waals surface area contributed by atoms with E-state index < -0.39 is 12.1 Å². The van der Waals surface area contributed by atoms with Gasteiger partial charge in [-0.15, -0.1) is 11.3 Å². The molecule has 6 rings (SSSR count). The van der Waals surface area contributed by atoms with Gasteiger partial charge in [0.05, 0.1) is 52.9 Å². The molecular weight excluding hydrogens is 548 g/mol. The van der Waals surface area contributed by atoms with E-state index in [1.807, 2.05) is 18.3 Å². The van der Waals surface area contributed by atoms with Gasteiger partial charge in [0.15, 0.2) is 0 Å². The molecule has 0 aliphatic carbocycles. The number of likely N-dealkylation sites (tertiary alicyclic amines) is 1. The second-order valence-corrected chi connectivity index (χ2v) is 11.6. The van der Waals surface area contributed by atoms with Crippen molar-refractivity contribution in [3.63, 3.8) is 0 Å². The number of aliphatic hydroxyl groups is 1. The lowest BCUT2D eigenvalue weighted by atomic mass is 9.92. The molecule has 0 amide bonds. The molecule has 3 aromatic heterocycles. The van der Waals surface area contributed by atoms with E-state index in [2.05, 4.69) is 26.6 Å². The van der Waals surface area contributed by atoms with E-state index >= 15 is 0 Å². The molecule has 9 nitrogen and oxygen atoms in total. The van der Waals surface area contributed by atoms with Gasteiger partial charge in [-0.05, 0) is 74.0 Å². The van der Waals surface area contributed by atoms with Crippen molar-refractivity contribution in [1.29, 1.82) is 5.26 Å². The highest BCUT2D eigenvalue weighted by Crippen LogP contribution is 2.29. The summed E-state index contributed by atoms with van der Waals surface area (Å²) in [4.78, 5) is 29.1. The fourth-order valence-electron chi connectivity index (χ4n) is 5.60. The van der Waals surface area contributed by atoms with Gasteiger partial charge in [0.2, 0.25) is 0 Å². The first kappa shape index (κ1) is 27.7. The summed E-state index contributed by atoms with van der Waals surface area (Å²) in [6.45, 7) is 3.07. The third-order valence-electron chi connectivity index (χ3n) is 7.90. The average Bonchev–Trinajstić information content (AvgIpc) is 3.65. The first-order valence-electron chi connectivity index (χ1n) is 13.9. The van der Waals surface area contributed by atoms with Gasteiger partial charge in [-0.1, -0.05) is 18.2 Å². The monoisotopic (exact) mass is 578 g/mol. The number of hydrogen-bond donors (Lipinski definition) is 2. The maximum Gasteiger partial charge on any atom is 0.335 e. The second-order valence-electron chi connectivity index (χ2n) is 10.6. The number of aromatic carboxylic acids is 1. The molecule has 1 atom stereocenters. The lowest BCUT2D eigenvalue weighted by Gasteiger charge is -2.31. The van der Waals surface area contributed by atoms with Crippen molar-refractivity contribution in [2.24, 2.45) is 0 Å². The zero-order valence-corrected chi connectivity index (χ0v) is 23.7. The highest BCUT2D eigenvalue weighted by Gasteiger charge is 2.24. The SMILES string of the molecule is N#Cc1ccc(C(O)Cc2cccc(C3CCN(Cc4nc5ccc(C(=O)O)cc5n4Cc4cncs4)CC3)n2)cc1. The lowest BCUT2D eigenvalue weighted by molar-refractivity contribution is 0.0697. The van der Waals surface area contributed by atoms with Gasteiger partial charge in [-0.3, -0.25) is 14.9 Å². The van der Waals surface area contributed by atoms with Gasteiger partial charge < -0.3 is 14.8 Å². The Balaban J connectivity index is 1.13. The molecule has 0 saturated carbocycles. The van der Waals surface area contributed by atoms with Crippen LogP contribution in [0.4, 0.5) is 0 Å². The van der Waals surface area contributed by atoms with Gasteiger partial charge in [0.25, 0.3) is 0 Å². The van der Waals surface area contributed by atoms with Crippen molar-refractivity contribution in [2.75, 3.05) is 13.1 Å². The van der Waals surface area contributed by atoms with Crippen molar-refractivity contribution in [2.45, 2.75) is 44.4 Å². The van der Waals surface area contributed by atoms with Crippen LogP contribution in [-0.4, -0.2) is 53.7 Å². The molecule has 212 valence electrons. The summed E-state index contributed by atoms with van der Waals surface area (Å²) in [5.74, 6) is 0.297. The fraction of sp³-hybridized carbons (Fsp3) is 0.281. The summed E-state index contributed by atoms with van der Waals surface area (Å²) < 4.78 is 2.12. The maximum atomic E-state index is 11.6. The van der Waals surface area contributed by atoms with Crippen molar-refractivity contribution >= 4 is 28.3 Å². The standard InChI is InChI=1S/C32H30N6O3S/c33-16-21-4-6-23(7-5-21)30(39)15-25-2-1-3-27(35-25)22-10-12-37(13-11-22)19-31-36-28-9-8-24(32(40)41)14-29(28)38(31)18-26-17-34-20-42-26/h1-9,14,17,20,22,30,39H,10-13,15,18-19H2,(H,40,41). The van der Waals surface area contributed by atoms with E-state index in [1.54, 1.807) is 59.3 Å². The van der Waals surface area contributed by atoms with Gasteiger partial charge >= 0.3 is 5.97 Å². The molecule has 1 aliphatic heterocycles. The van der Waals surface area contributed by atoms with Crippen LogP contribution in [0.3, 0.4) is 0 Å². The van der Waals surface area contributed by atoms with E-state index in [1.165, 1.54) is 0 Å². The van der Waals surface area contributed by atoms with Gasteiger partial charge in [0, 0.05) is 34.8 Å². The smallest absolute Gasteiger partial charge is 0.335 e. The van der Waals surface area contributed by atoms with E-state index in [4.69, 9.17) is 15.2 Å². The number of fused-ring (bicyclic) bond motifs is 1. The molecule has 0 bridgehead atoms. The summed E-state index contributed by atoms with van der Waals surface area (Å²) in [5.41, 5.74) is 6.91. The van der Waals surface area contributed by atoms with Crippen LogP contribution in [0.1, 0.15) is 68.4 Å². The third kappa shape index (κ3) is 6.09. The highest BCUT2D eigenvalue weighted by atomic mass is 32.1. The molecular formula is C32H30N6O3S. The van der Waals surface area contributed by atoms with Crippen molar-refractivity contribution in [1.82, 2.24) is 24.4 Å². The maximum absolute atomic E-state index is 11.6. The van der Waals surface area contributed by atoms with Crippen LogP contribution in [0.5, 0.6) is 0 Å². The van der Waals surface area contributed by atoms with Crippen molar-refractivity contribution in [3.05, 3.63) is 111 Å². The number of nitriles is 1. The predicted molar refractivity (Wildman–Crippen MR) is 159 cm³/mol. The van der Waals surface area contributed by atoms with Crippen LogP contribution in [0.2, 0.25) is 0 Å². The van der Waals surface area contributed by atoms with Gasteiger partial charge in [-0.25, -0.2) is 9.78 Å². The molecule has 10 heteroatoms. The summed E-state index contributed by atoms with van der Waals surface area (Å²) in [7, 11) is 0. The highest BCUT2D eigenvalue weighted by molar-refractivity contribution is 7.09. The molecule has 2 N–H and O–H groups in total. The molecule has 1 unspecified atom stereocenters. The summed E-state index contributed by atoms with van der Waals surface area (Å²) in [6.07, 6.45) is 3.51. The summed E-state index contributed by atoms with van der Waals surface area (Å²) in [5, 5.41) is 29.3. The number of rotatable bonds is 9. The summed E-state index contributed by atoms with van der Waals surface area (Å²) in [6, 6.07) is 20.3. The number of benzene rings is 2. The lowest BCUT2D eigenvalue weighted by Crippen LogP contribution is -2.33. The first-order chi connectivity index (χ1) is 20.5. The Morgan fingerprint density at radius 2 is 1.88 bits per heavy atom. The molecule has 4 heterocycles. The zero-order valence-electron chi connectivity index (χ0n) is 22.9. The topological polar surface area (TPSA) is 128 Å². The van der Waals surface area contributed by atoms with Crippen LogP contribution in [-0.2, 0) is 19.5 Å². The van der Waals surface area contributed by atoms with Gasteiger partial charge in [-0.2, -0.15) is 5.26 Å². The van der Waals surface area contributed by atoms with Crippen LogP contribution in [0.25, 0.3) is 11.0 Å². The Labute approximate surface area is 247 Å². The van der Waals surface area contributed by atoms with Crippen molar-refractivity contribution < 1.29 is 15.0 Å². The fourth-order valence-corrected chi connectivity index (χ4v) is 6.18. The minimum absolute atomic E-state index is 0.250. The van der Waals surface area contributed by atoms with E-state index in [9.17, 15) is 15.0 Å². The van der Waals surface area contributed by atoms with E-state index in [0.29, 0.717) is 31.0 Å². The largest absolute Gasteiger partial charge is 0.478 e. The van der Waals surface area contributed by atoms with Gasteiger partial charge in [0.1, 0.15) is 5.82 Å². The number of piperidine rings is 1. The molecule has 0 radical (unpaired) electrons. The molecule has 1 fully saturated rings. The number of thiazole rings is 1. The number of carbonyl (C=O) groups is 1. The first-order valence-corrected chi connectivity index (χ1v) is 14.8. The van der Waals surface area contributed by atoms with Crippen molar-refractivity contribution in [3.8, 4) is 6.07 Å². The molecule has 42 heavy (non-hydrogen) atoms. The molecule has 1 aliphatic rings. The molecule has 5 aromatic rings. The normalized spacial score (nSPS) is 15.0. The summed E-state index contributed by atoms with van der Waals surface area (Å²) >= 11 is 1.57. The van der Waals surface area contributed by atoms with Crippen LogP contribution < -0.4 is 0 Å². The number of carboxylic acid groups (broad SMARTS) is 1. The van der Waals surface area contributed by atoms with E-state index in [-0.39, 0.29) is 5.56 Å². The van der Waals surface area contributed by atoms with Crippen LogP contribution >= 0.6 is 11.3 Å². The van der Waals surface area contributed by atoms with Crippen LogP contribution in [0, 0.1) is 11.3 Å². The predicted octanol–water partition coefficient (Wildman–Crippen LogP) is 5.16. The Morgan fingerprint density at radius 3 is 2.60 bits per heavy atom. The molecule has 1 saturated heterocycles. The Kier molecular flexibility index (Phi) is 8.06. The van der Waals surface area contributed by atoms with E-state index in [0.717, 1.165) is 64.6 Å². The second kappa shape index (κ2) is 12.2. The average molecular weight is 579 g/mol. The number of hydrogen-bond acceptors (Lipinski definition) is 8. The quantitative estimate of drug-likeness (QED) is 0.245. The Morgan fingerprint density at radius 1 is 1.07 bits per heavy atom. The number of aromatic nitrogens is 4. The molecule has 0 spiro atoms. The zero-order chi connectivity index (χ0) is 29.1. The Bertz CT molecular complexity index is 1730. The number of imidazole rings is 1. The number of carboxylic acids is 1. The third-order valence-corrected chi connectivity index (χ3v) is 8.66. The minimum atomic E-state index is -0.951. The molecule has 2 aromatic carbocycles. The Hall–Kier alpha value is -4.43. The van der Waals surface area contributed by atoms with Crippen LogP contribution in [0.15, 0.2) is 72.4 Å². The number of aliphatic hydroxyl groups excluding tert-OH is 1. The minimum Gasteiger partial charge on any atom is -0.478 e.